The second-order valence-electron chi connectivity index (χ2n) is 4.73. The summed E-state index contributed by atoms with van der Waals surface area (Å²) in [7, 11) is -3.62. The zero-order chi connectivity index (χ0) is 16.0. The van der Waals surface area contributed by atoms with Crippen molar-refractivity contribution in [1.29, 1.82) is 0 Å². The van der Waals surface area contributed by atoms with E-state index in [1.807, 2.05) is 6.92 Å². The van der Waals surface area contributed by atoms with Crippen LogP contribution in [0.25, 0.3) is 0 Å². The molecule has 0 unspecified atom stereocenters. The molecule has 1 N–H and O–H groups in total. The van der Waals surface area contributed by atoms with Crippen molar-refractivity contribution < 1.29 is 18.0 Å². The fraction of sp³-hybridized carbons (Fsp3) is 0.429. The van der Waals surface area contributed by atoms with Gasteiger partial charge in [-0.1, -0.05) is 19.1 Å². The van der Waals surface area contributed by atoms with Gasteiger partial charge >= 0.3 is 0 Å². The summed E-state index contributed by atoms with van der Waals surface area (Å²) < 4.78 is 24.8. The van der Waals surface area contributed by atoms with E-state index >= 15 is 0 Å². The van der Waals surface area contributed by atoms with Crippen molar-refractivity contribution in [3.8, 4) is 0 Å². The Kier molecular flexibility index (Phi) is 5.90. The molecule has 0 radical (unpaired) electrons. The monoisotopic (exact) mass is 312 g/mol. The Hall–Kier alpha value is -1.89. The van der Waals surface area contributed by atoms with Crippen molar-refractivity contribution in [2.45, 2.75) is 20.3 Å². The van der Waals surface area contributed by atoms with Crippen molar-refractivity contribution >= 4 is 27.4 Å². The zero-order valence-electron chi connectivity index (χ0n) is 12.4. The van der Waals surface area contributed by atoms with Gasteiger partial charge in [-0.15, -0.1) is 0 Å². The maximum absolute atomic E-state index is 11.9. The van der Waals surface area contributed by atoms with Gasteiger partial charge in [0.2, 0.25) is 15.9 Å². The fourth-order valence-electron chi connectivity index (χ4n) is 1.73. The number of carbonyl (C=O) groups is 2. The number of nitrogens with zero attached hydrogens (tertiary/aromatic N) is 1. The molecule has 0 spiro atoms. The van der Waals surface area contributed by atoms with Gasteiger partial charge in [-0.25, -0.2) is 8.42 Å². The van der Waals surface area contributed by atoms with E-state index in [-0.39, 0.29) is 18.2 Å². The fourth-order valence-corrected chi connectivity index (χ4v) is 2.58. The molecule has 6 nitrogen and oxygen atoms in total. The Balaban J connectivity index is 3.07. The van der Waals surface area contributed by atoms with Crippen LogP contribution in [-0.2, 0) is 14.8 Å². The lowest BCUT2D eigenvalue weighted by Gasteiger charge is -2.22. The van der Waals surface area contributed by atoms with E-state index in [0.717, 1.165) is 17.0 Å². The molecule has 1 aromatic carbocycles. The third kappa shape index (κ3) is 5.18. The third-order valence-corrected chi connectivity index (χ3v) is 3.94. The minimum Gasteiger partial charge on any atom is -0.355 e. The molecule has 1 amide bonds. The highest BCUT2D eigenvalue weighted by atomic mass is 32.2. The van der Waals surface area contributed by atoms with E-state index in [1.54, 1.807) is 18.2 Å². The molecule has 0 aliphatic heterocycles. The van der Waals surface area contributed by atoms with Gasteiger partial charge in [0.15, 0.2) is 5.78 Å². The van der Waals surface area contributed by atoms with Gasteiger partial charge in [0.25, 0.3) is 0 Å². The topological polar surface area (TPSA) is 83.6 Å². The van der Waals surface area contributed by atoms with Crippen molar-refractivity contribution in [3.63, 3.8) is 0 Å². The lowest BCUT2D eigenvalue weighted by Crippen LogP contribution is -2.40. The molecule has 0 bridgehead atoms. The minimum absolute atomic E-state index is 0.166. The van der Waals surface area contributed by atoms with E-state index < -0.39 is 10.0 Å². The van der Waals surface area contributed by atoms with Crippen LogP contribution in [0.1, 0.15) is 30.6 Å². The number of benzene rings is 1. The molecule has 1 rings (SSSR count). The van der Waals surface area contributed by atoms with E-state index in [4.69, 9.17) is 0 Å². The number of ketones is 1. The van der Waals surface area contributed by atoms with Crippen LogP contribution in [0.3, 0.4) is 0 Å². The van der Waals surface area contributed by atoms with Gasteiger partial charge in [0.1, 0.15) is 6.54 Å². The summed E-state index contributed by atoms with van der Waals surface area (Å²) in [5.74, 6) is -0.545. The number of hydrogen-bond acceptors (Lipinski definition) is 4. The van der Waals surface area contributed by atoms with Crippen LogP contribution < -0.4 is 9.62 Å². The first-order chi connectivity index (χ1) is 9.75. The summed E-state index contributed by atoms with van der Waals surface area (Å²) in [5, 5.41) is 2.63. The SMILES string of the molecule is CCCNC(=O)CN(c1cccc(C(C)=O)c1)S(C)(=O)=O. The number of rotatable bonds is 7. The van der Waals surface area contributed by atoms with Gasteiger partial charge in [-0.2, -0.15) is 0 Å². The molecular weight excluding hydrogens is 292 g/mol. The van der Waals surface area contributed by atoms with Crippen LogP contribution in [0.15, 0.2) is 24.3 Å². The van der Waals surface area contributed by atoms with E-state index in [1.165, 1.54) is 13.0 Å². The summed E-state index contributed by atoms with van der Waals surface area (Å²) in [6, 6.07) is 6.22. The lowest BCUT2D eigenvalue weighted by atomic mass is 10.1. The molecule has 0 aromatic heterocycles. The van der Waals surface area contributed by atoms with Crippen molar-refractivity contribution in [3.05, 3.63) is 29.8 Å². The molecule has 0 atom stereocenters. The molecule has 0 aliphatic carbocycles. The smallest absolute Gasteiger partial charge is 0.240 e. The summed E-state index contributed by atoms with van der Waals surface area (Å²) in [6.07, 6.45) is 1.80. The number of Topliss-reactive ketones (excluding diaryl/α,β-unsaturated/α-hetero) is 1. The Morgan fingerprint density at radius 2 is 1.95 bits per heavy atom. The van der Waals surface area contributed by atoms with E-state index in [0.29, 0.717) is 17.8 Å². The Labute approximate surface area is 125 Å². The highest BCUT2D eigenvalue weighted by molar-refractivity contribution is 7.92. The molecular formula is C14H20N2O4S. The summed E-state index contributed by atoms with van der Waals surface area (Å²) in [6.45, 7) is 3.49. The first kappa shape index (κ1) is 17.2. The number of hydrogen-bond donors (Lipinski definition) is 1. The van der Waals surface area contributed by atoms with Crippen LogP contribution in [0.2, 0.25) is 0 Å². The number of amides is 1. The molecule has 0 fully saturated rings. The summed E-state index contributed by atoms with van der Waals surface area (Å²) in [4.78, 5) is 23.2. The Morgan fingerprint density at radius 1 is 1.29 bits per heavy atom. The van der Waals surface area contributed by atoms with Gasteiger partial charge < -0.3 is 5.32 Å². The van der Waals surface area contributed by atoms with Gasteiger partial charge in [0.05, 0.1) is 11.9 Å². The molecule has 116 valence electrons. The number of carbonyl (C=O) groups excluding carboxylic acids is 2. The largest absolute Gasteiger partial charge is 0.355 e. The third-order valence-electron chi connectivity index (χ3n) is 2.80. The van der Waals surface area contributed by atoms with Crippen LogP contribution in [0.5, 0.6) is 0 Å². The highest BCUT2D eigenvalue weighted by Crippen LogP contribution is 2.19. The second kappa shape index (κ2) is 7.21. The molecule has 0 saturated carbocycles. The molecule has 7 heteroatoms. The minimum atomic E-state index is -3.62. The average molecular weight is 312 g/mol. The van der Waals surface area contributed by atoms with Gasteiger partial charge in [-0.3, -0.25) is 13.9 Å². The lowest BCUT2D eigenvalue weighted by molar-refractivity contribution is -0.119. The number of nitrogens with one attached hydrogen (secondary N) is 1. The maximum atomic E-state index is 11.9. The predicted molar refractivity (Wildman–Crippen MR) is 81.9 cm³/mol. The Morgan fingerprint density at radius 3 is 2.48 bits per heavy atom. The van der Waals surface area contributed by atoms with E-state index in [9.17, 15) is 18.0 Å². The van der Waals surface area contributed by atoms with Crippen molar-refractivity contribution in [2.24, 2.45) is 0 Å². The molecule has 21 heavy (non-hydrogen) atoms. The van der Waals surface area contributed by atoms with Gasteiger partial charge in [0, 0.05) is 12.1 Å². The van der Waals surface area contributed by atoms with Crippen LogP contribution in [0, 0.1) is 0 Å². The quantitative estimate of drug-likeness (QED) is 0.766. The number of anilines is 1. The van der Waals surface area contributed by atoms with Crippen LogP contribution in [0.4, 0.5) is 5.69 Å². The van der Waals surface area contributed by atoms with Gasteiger partial charge in [-0.05, 0) is 25.5 Å². The normalized spacial score (nSPS) is 11.0. The summed E-state index contributed by atoms with van der Waals surface area (Å²) >= 11 is 0. The molecule has 0 saturated heterocycles. The summed E-state index contributed by atoms with van der Waals surface area (Å²) in [5.41, 5.74) is 0.701. The first-order valence-corrected chi connectivity index (χ1v) is 8.46. The first-order valence-electron chi connectivity index (χ1n) is 6.61. The second-order valence-corrected chi connectivity index (χ2v) is 6.63. The van der Waals surface area contributed by atoms with Crippen molar-refractivity contribution in [1.82, 2.24) is 5.32 Å². The van der Waals surface area contributed by atoms with Crippen LogP contribution >= 0.6 is 0 Å². The Bertz CT molecular complexity index is 626. The molecule has 0 heterocycles. The zero-order valence-corrected chi connectivity index (χ0v) is 13.2. The van der Waals surface area contributed by atoms with Crippen molar-refractivity contribution in [2.75, 3.05) is 23.7 Å². The standard InChI is InChI=1S/C14H20N2O4S/c1-4-8-15-14(18)10-16(21(3,19)20)13-7-5-6-12(9-13)11(2)17/h5-7,9H,4,8,10H2,1-3H3,(H,15,18). The van der Waals surface area contributed by atoms with E-state index in [2.05, 4.69) is 5.32 Å². The molecule has 1 aromatic rings. The van der Waals surface area contributed by atoms with Crippen LogP contribution in [-0.4, -0.2) is 39.5 Å². The maximum Gasteiger partial charge on any atom is 0.240 e. The average Bonchev–Trinajstić information content (AvgIpc) is 2.41. The molecule has 0 aliphatic rings. The highest BCUT2D eigenvalue weighted by Gasteiger charge is 2.21. The predicted octanol–water partition coefficient (Wildman–Crippen LogP) is 1.18. The number of sulfonamides is 1.